The van der Waals surface area contributed by atoms with Gasteiger partial charge >= 0.3 is 24.1 Å². The number of esters is 2. The van der Waals surface area contributed by atoms with Gasteiger partial charge in [-0.1, -0.05) is 65.1 Å². The molecule has 0 aromatic heterocycles. The first-order valence-corrected chi connectivity index (χ1v) is 16.3. The first-order chi connectivity index (χ1) is 23.3. The summed E-state index contributed by atoms with van der Waals surface area (Å²) < 4.78 is 32.9. The quantitative estimate of drug-likeness (QED) is 0.0966. The standard InChI is InChI=1S/C37H50N2O10/c1-9-19-38-35(42)48-31(23-46-33(40)25(3)4)21-44-29-15-11-27(12-16-29)37(7,8)28-13-17-30(18-14-28)45-22-32(24-47-34(41)26(5)6)49-36(43)39-20-10-2/h11-18,31-32H,3,5,9-10,19-24H2,1-2,4,6-8H3,(H,38,42)(H,39,43). The van der Waals surface area contributed by atoms with E-state index < -0.39 is 41.7 Å². The van der Waals surface area contributed by atoms with Crippen LogP contribution in [0, 0.1) is 0 Å². The number of hydrogen-bond acceptors (Lipinski definition) is 10. The van der Waals surface area contributed by atoms with Crippen molar-refractivity contribution in [3.05, 3.63) is 84.0 Å². The monoisotopic (exact) mass is 682 g/mol. The summed E-state index contributed by atoms with van der Waals surface area (Å²) in [6.07, 6.45) is -1.42. The van der Waals surface area contributed by atoms with Gasteiger partial charge in [0.05, 0.1) is 0 Å². The molecule has 2 unspecified atom stereocenters. The summed E-state index contributed by atoms with van der Waals surface area (Å²) in [4.78, 5) is 48.0. The average Bonchev–Trinajstić information content (AvgIpc) is 3.08. The molecule has 0 spiro atoms. The molecular weight excluding hydrogens is 632 g/mol. The van der Waals surface area contributed by atoms with Crippen molar-refractivity contribution < 1.29 is 47.6 Å². The maximum atomic E-state index is 12.1. The summed E-state index contributed by atoms with van der Waals surface area (Å²) in [5.41, 5.74) is 2.11. The molecule has 0 saturated heterocycles. The fourth-order valence-corrected chi connectivity index (χ4v) is 4.14. The Kier molecular flexibility index (Phi) is 16.7. The molecule has 0 fully saturated rings. The van der Waals surface area contributed by atoms with E-state index in [2.05, 4.69) is 37.6 Å². The molecule has 268 valence electrons. The van der Waals surface area contributed by atoms with Gasteiger partial charge in [-0.3, -0.25) is 0 Å². The summed E-state index contributed by atoms with van der Waals surface area (Å²) in [5.74, 6) is -0.0711. The van der Waals surface area contributed by atoms with Crippen LogP contribution in [-0.2, 0) is 34.0 Å². The van der Waals surface area contributed by atoms with Crippen LogP contribution in [0.1, 0.15) is 65.5 Å². The van der Waals surface area contributed by atoms with Crippen LogP contribution in [0.15, 0.2) is 72.8 Å². The third-order valence-electron chi connectivity index (χ3n) is 7.11. The van der Waals surface area contributed by atoms with Crippen molar-refractivity contribution in [3.63, 3.8) is 0 Å². The van der Waals surface area contributed by atoms with Crippen LogP contribution in [0.5, 0.6) is 11.5 Å². The van der Waals surface area contributed by atoms with Gasteiger partial charge in [0, 0.05) is 29.7 Å². The predicted molar refractivity (Wildman–Crippen MR) is 185 cm³/mol. The first kappa shape index (κ1) is 40.2. The Morgan fingerprint density at radius 2 is 0.980 bits per heavy atom. The topological polar surface area (TPSA) is 148 Å². The highest BCUT2D eigenvalue weighted by Crippen LogP contribution is 2.33. The molecule has 0 radical (unpaired) electrons. The number of hydrogen-bond donors (Lipinski definition) is 2. The number of carbonyl (C=O) groups excluding carboxylic acids is 4. The molecule has 12 heteroatoms. The first-order valence-electron chi connectivity index (χ1n) is 16.3. The fourth-order valence-electron chi connectivity index (χ4n) is 4.14. The van der Waals surface area contributed by atoms with Crippen LogP contribution < -0.4 is 20.1 Å². The molecule has 2 amide bonds. The Bertz CT molecular complexity index is 1300. The van der Waals surface area contributed by atoms with Gasteiger partial charge in [-0.15, -0.1) is 0 Å². The molecule has 2 aromatic rings. The molecule has 2 aromatic carbocycles. The Hall–Kier alpha value is -5.00. The summed E-state index contributed by atoms with van der Waals surface area (Å²) >= 11 is 0. The molecule has 0 aliphatic carbocycles. The highest BCUT2D eigenvalue weighted by atomic mass is 16.6. The molecule has 0 bridgehead atoms. The predicted octanol–water partition coefficient (Wildman–Crippen LogP) is 6.02. The number of alkyl carbamates (subject to hydrolysis) is 2. The highest BCUT2D eigenvalue weighted by Gasteiger charge is 2.24. The minimum Gasteiger partial charge on any atom is -0.490 e. The second kappa shape index (κ2) is 20.4. The van der Waals surface area contributed by atoms with Gasteiger partial charge in [-0.05, 0) is 62.1 Å². The minimum atomic E-state index is -0.830. The van der Waals surface area contributed by atoms with Crippen LogP contribution in [0.25, 0.3) is 0 Å². The largest absolute Gasteiger partial charge is 0.490 e. The average molecular weight is 683 g/mol. The van der Waals surface area contributed by atoms with Gasteiger partial charge < -0.3 is 39.1 Å². The summed E-state index contributed by atoms with van der Waals surface area (Å²) in [7, 11) is 0. The van der Waals surface area contributed by atoms with E-state index in [1.165, 1.54) is 13.8 Å². The zero-order valence-electron chi connectivity index (χ0n) is 29.4. The van der Waals surface area contributed by atoms with E-state index in [0.29, 0.717) is 24.6 Å². The van der Waals surface area contributed by atoms with E-state index in [1.54, 1.807) is 0 Å². The van der Waals surface area contributed by atoms with Crippen LogP contribution >= 0.6 is 0 Å². The smallest absolute Gasteiger partial charge is 0.407 e. The van der Waals surface area contributed by atoms with Crippen molar-refractivity contribution in [2.75, 3.05) is 39.5 Å². The third kappa shape index (κ3) is 14.3. The van der Waals surface area contributed by atoms with Gasteiger partial charge in [0.25, 0.3) is 0 Å². The highest BCUT2D eigenvalue weighted by molar-refractivity contribution is 5.87. The zero-order chi connectivity index (χ0) is 36.4. The molecule has 0 heterocycles. The van der Waals surface area contributed by atoms with Crippen molar-refractivity contribution in [2.45, 2.75) is 72.0 Å². The molecule has 2 rings (SSSR count). The van der Waals surface area contributed by atoms with E-state index >= 15 is 0 Å². The SMILES string of the molecule is C=C(C)C(=O)OCC(COc1ccc(C(C)(C)c2ccc(OCC(COC(=O)C(=C)C)OC(=O)NCCC)cc2)cc1)OC(=O)NCCC. The molecule has 0 aliphatic heterocycles. The number of carbonyl (C=O) groups is 4. The number of rotatable bonds is 20. The third-order valence-corrected chi connectivity index (χ3v) is 7.11. The van der Waals surface area contributed by atoms with Crippen molar-refractivity contribution in [1.82, 2.24) is 10.6 Å². The van der Waals surface area contributed by atoms with Gasteiger partial charge in [-0.25, -0.2) is 19.2 Å². The second-order valence-corrected chi connectivity index (χ2v) is 12.0. The lowest BCUT2D eigenvalue weighted by atomic mass is 9.78. The Labute approximate surface area is 289 Å². The fraction of sp³-hybridized carbons (Fsp3) is 0.459. The number of nitrogens with one attached hydrogen (secondary N) is 2. The van der Waals surface area contributed by atoms with Crippen LogP contribution in [-0.4, -0.2) is 75.9 Å². The summed E-state index contributed by atoms with van der Waals surface area (Å²) in [6.45, 7) is 18.7. The van der Waals surface area contributed by atoms with E-state index in [0.717, 1.165) is 24.0 Å². The molecule has 0 saturated carbocycles. The number of amides is 2. The Morgan fingerprint density at radius 1 is 0.633 bits per heavy atom. The summed E-state index contributed by atoms with van der Waals surface area (Å²) in [5, 5.41) is 5.26. The van der Waals surface area contributed by atoms with Gasteiger partial charge in [0.15, 0.2) is 12.2 Å². The number of benzene rings is 2. The van der Waals surface area contributed by atoms with Crippen molar-refractivity contribution in [1.29, 1.82) is 0 Å². The molecule has 12 nitrogen and oxygen atoms in total. The van der Waals surface area contributed by atoms with Gasteiger partial charge in [-0.2, -0.15) is 0 Å². The van der Waals surface area contributed by atoms with Gasteiger partial charge in [0.1, 0.15) is 37.9 Å². The molecule has 2 N–H and O–H groups in total. The lowest BCUT2D eigenvalue weighted by Gasteiger charge is -2.27. The van der Waals surface area contributed by atoms with E-state index in [1.807, 2.05) is 62.4 Å². The minimum absolute atomic E-state index is 0.0289. The molecular formula is C37H50N2O10. The van der Waals surface area contributed by atoms with Gasteiger partial charge in [0.2, 0.25) is 0 Å². The van der Waals surface area contributed by atoms with Crippen molar-refractivity contribution >= 4 is 24.1 Å². The van der Waals surface area contributed by atoms with Crippen molar-refractivity contribution in [2.24, 2.45) is 0 Å². The lowest BCUT2D eigenvalue weighted by Crippen LogP contribution is -2.36. The van der Waals surface area contributed by atoms with E-state index in [4.69, 9.17) is 28.4 Å². The molecule has 49 heavy (non-hydrogen) atoms. The Morgan fingerprint density at radius 3 is 1.29 bits per heavy atom. The Balaban J connectivity index is 2.04. The lowest BCUT2D eigenvalue weighted by molar-refractivity contribution is -0.143. The van der Waals surface area contributed by atoms with Crippen LogP contribution in [0.2, 0.25) is 0 Å². The van der Waals surface area contributed by atoms with Crippen molar-refractivity contribution in [3.8, 4) is 11.5 Å². The zero-order valence-corrected chi connectivity index (χ0v) is 29.4. The maximum Gasteiger partial charge on any atom is 0.407 e. The summed E-state index contributed by atoms with van der Waals surface area (Å²) in [6, 6.07) is 15.1. The molecule has 0 aliphatic rings. The van der Waals surface area contributed by atoms with Crippen LogP contribution in [0.3, 0.4) is 0 Å². The van der Waals surface area contributed by atoms with Crippen LogP contribution in [0.4, 0.5) is 9.59 Å². The van der Waals surface area contributed by atoms with E-state index in [-0.39, 0.29) is 37.6 Å². The number of ether oxygens (including phenoxy) is 6. The second-order valence-electron chi connectivity index (χ2n) is 12.0. The maximum absolute atomic E-state index is 12.1. The normalized spacial score (nSPS) is 12.0. The van der Waals surface area contributed by atoms with E-state index in [9.17, 15) is 19.2 Å². The molecule has 2 atom stereocenters.